The second-order valence-corrected chi connectivity index (χ2v) is 5.56. The van der Waals surface area contributed by atoms with Crippen molar-refractivity contribution in [3.05, 3.63) is 0 Å². The van der Waals surface area contributed by atoms with E-state index in [9.17, 15) is 14.7 Å². The van der Waals surface area contributed by atoms with Crippen LogP contribution in [-0.4, -0.2) is 29.9 Å². The summed E-state index contributed by atoms with van der Waals surface area (Å²) in [6, 6.07) is 0. The largest absolute Gasteiger partial charge is 0.550 e. The van der Waals surface area contributed by atoms with Crippen molar-refractivity contribution in [1.29, 1.82) is 0 Å². The Bertz CT molecular complexity index is 308. The molecule has 2 rings (SSSR count). The van der Waals surface area contributed by atoms with Crippen molar-refractivity contribution in [3.63, 3.8) is 0 Å². The van der Waals surface area contributed by atoms with Crippen molar-refractivity contribution in [2.24, 2.45) is 11.8 Å². The summed E-state index contributed by atoms with van der Waals surface area (Å²) in [5, 5.41) is 11.1. The maximum Gasteiger partial charge on any atom is 0.226 e. The highest BCUT2D eigenvalue weighted by molar-refractivity contribution is 5.84. The summed E-state index contributed by atoms with van der Waals surface area (Å²) < 4.78 is 0. The summed E-state index contributed by atoms with van der Waals surface area (Å²) in [4.78, 5) is 25.5. The van der Waals surface area contributed by atoms with Gasteiger partial charge in [0, 0.05) is 30.9 Å². The van der Waals surface area contributed by atoms with E-state index in [1.807, 2.05) is 4.90 Å². The van der Waals surface area contributed by atoms with Crippen LogP contribution < -0.4 is 5.11 Å². The van der Waals surface area contributed by atoms with Crippen molar-refractivity contribution in [1.82, 2.24) is 4.90 Å². The molecular formula is C14H22NO3-. The van der Waals surface area contributed by atoms with Crippen molar-refractivity contribution >= 4 is 11.9 Å². The standard InChI is InChI=1S/C14H23NO3/c16-13(15-9-5-1-2-6-10-15)11-7-3-4-8-12(11)14(17)18/h11-12H,1-10H2,(H,17,18)/p-1/t11-,12-/m0/s1. The number of amides is 1. The number of rotatable bonds is 2. The van der Waals surface area contributed by atoms with Gasteiger partial charge in [-0.2, -0.15) is 0 Å². The van der Waals surface area contributed by atoms with E-state index in [0.29, 0.717) is 12.8 Å². The van der Waals surface area contributed by atoms with Crippen LogP contribution in [0.15, 0.2) is 0 Å². The maximum atomic E-state index is 12.5. The van der Waals surface area contributed by atoms with Gasteiger partial charge in [0.15, 0.2) is 0 Å². The molecular weight excluding hydrogens is 230 g/mol. The van der Waals surface area contributed by atoms with Crippen LogP contribution in [0.25, 0.3) is 0 Å². The molecule has 0 N–H and O–H groups in total. The first-order valence-corrected chi connectivity index (χ1v) is 7.20. The normalized spacial score (nSPS) is 29.7. The topological polar surface area (TPSA) is 60.4 Å². The fourth-order valence-corrected chi connectivity index (χ4v) is 3.23. The second-order valence-electron chi connectivity index (χ2n) is 5.56. The summed E-state index contributed by atoms with van der Waals surface area (Å²) >= 11 is 0. The Morgan fingerprint density at radius 1 is 0.833 bits per heavy atom. The Labute approximate surface area is 108 Å². The molecule has 4 nitrogen and oxygen atoms in total. The van der Waals surface area contributed by atoms with Crippen LogP contribution in [0.4, 0.5) is 0 Å². The number of carbonyl (C=O) groups is 2. The van der Waals surface area contributed by atoms with E-state index >= 15 is 0 Å². The average Bonchev–Trinajstić information content (AvgIpc) is 2.66. The van der Waals surface area contributed by atoms with Crippen LogP contribution >= 0.6 is 0 Å². The number of nitrogens with zero attached hydrogens (tertiary/aromatic N) is 1. The van der Waals surface area contributed by atoms with Crippen LogP contribution in [0.1, 0.15) is 51.4 Å². The third-order valence-corrected chi connectivity index (χ3v) is 4.30. The van der Waals surface area contributed by atoms with E-state index < -0.39 is 11.9 Å². The molecule has 0 unspecified atom stereocenters. The molecule has 102 valence electrons. The van der Waals surface area contributed by atoms with Gasteiger partial charge in [0.05, 0.1) is 0 Å². The first-order valence-electron chi connectivity index (χ1n) is 7.20. The van der Waals surface area contributed by atoms with Gasteiger partial charge in [-0.05, 0) is 25.7 Å². The highest BCUT2D eigenvalue weighted by atomic mass is 16.4. The van der Waals surface area contributed by atoms with Crippen molar-refractivity contribution < 1.29 is 14.7 Å². The first-order chi connectivity index (χ1) is 8.70. The van der Waals surface area contributed by atoms with E-state index in [2.05, 4.69) is 0 Å². The van der Waals surface area contributed by atoms with Crippen LogP contribution in [0.3, 0.4) is 0 Å². The Kier molecular flexibility index (Phi) is 4.61. The average molecular weight is 252 g/mol. The molecule has 0 aromatic rings. The van der Waals surface area contributed by atoms with Gasteiger partial charge in [0.25, 0.3) is 0 Å². The van der Waals surface area contributed by atoms with E-state index in [0.717, 1.165) is 38.8 Å². The van der Waals surface area contributed by atoms with E-state index in [1.165, 1.54) is 12.8 Å². The van der Waals surface area contributed by atoms with Gasteiger partial charge in [-0.15, -0.1) is 0 Å². The molecule has 0 bridgehead atoms. The van der Waals surface area contributed by atoms with Crippen LogP contribution in [0.5, 0.6) is 0 Å². The summed E-state index contributed by atoms with van der Waals surface area (Å²) in [7, 11) is 0. The first kappa shape index (κ1) is 13.4. The molecule has 2 aliphatic rings. The lowest BCUT2D eigenvalue weighted by molar-refractivity contribution is -0.314. The Hall–Kier alpha value is -1.06. The smallest absolute Gasteiger partial charge is 0.226 e. The molecule has 0 spiro atoms. The monoisotopic (exact) mass is 252 g/mol. The molecule has 4 heteroatoms. The van der Waals surface area contributed by atoms with Crippen LogP contribution in [0, 0.1) is 11.8 Å². The predicted octanol–water partition coefficient (Wildman–Crippen LogP) is 0.945. The van der Waals surface area contributed by atoms with Crippen molar-refractivity contribution in [2.45, 2.75) is 51.4 Å². The lowest BCUT2D eigenvalue weighted by Gasteiger charge is -2.34. The van der Waals surface area contributed by atoms with Gasteiger partial charge >= 0.3 is 0 Å². The third kappa shape index (κ3) is 3.03. The summed E-state index contributed by atoms with van der Waals surface area (Å²) in [6.07, 6.45) is 7.65. The van der Waals surface area contributed by atoms with E-state index in [-0.39, 0.29) is 11.8 Å². The summed E-state index contributed by atoms with van der Waals surface area (Å²) in [6.45, 7) is 1.60. The fraction of sp³-hybridized carbons (Fsp3) is 0.857. The predicted molar refractivity (Wildman–Crippen MR) is 65.5 cm³/mol. The molecule has 1 saturated carbocycles. The lowest BCUT2D eigenvalue weighted by Crippen LogP contribution is -2.46. The Morgan fingerprint density at radius 2 is 1.39 bits per heavy atom. The number of carbonyl (C=O) groups excluding carboxylic acids is 2. The highest BCUT2D eigenvalue weighted by Crippen LogP contribution is 2.31. The molecule has 0 radical (unpaired) electrons. The van der Waals surface area contributed by atoms with Crippen LogP contribution in [0.2, 0.25) is 0 Å². The van der Waals surface area contributed by atoms with Gasteiger partial charge in [0.2, 0.25) is 5.91 Å². The molecule has 18 heavy (non-hydrogen) atoms. The fourth-order valence-electron chi connectivity index (χ4n) is 3.23. The van der Waals surface area contributed by atoms with E-state index in [4.69, 9.17) is 0 Å². The minimum Gasteiger partial charge on any atom is -0.550 e. The quantitative estimate of drug-likeness (QED) is 0.735. The van der Waals surface area contributed by atoms with Gasteiger partial charge in [-0.1, -0.05) is 25.7 Å². The molecule has 1 heterocycles. The number of carboxylic acids is 1. The van der Waals surface area contributed by atoms with Crippen molar-refractivity contribution in [2.75, 3.05) is 13.1 Å². The van der Waals surface area contributed by atoms with Gasteiger partial charge < -0.3 is 14.8 Å². The minimum absolute atomic E-state index is 0.0609. The molecule has 0 aromatic carbocycles. The molecule has 2 atom stereocenters. The van der Waals surface area contributed by atoms with Gasteiger partial charge in [-0.3, -0.25) is 4.79 Å². The van der Waals surface area contributed by atoms with Crippen LogP contribution in [-0.2, 0) is 9.59 Å². The maximum absolute atomic E-state index is 12.5. The number of aliphatic carboxylic acids is 1. The summed E-state index contributed by atoms with van der Waals surface area (Å²) in [5.74, 6) is -1.87. The third-order valence-electron chi connectivity index (χ3n) is 4.30. The molecule has 1 saturated heterocycles. The second kappa shape index (κ2) is 6.21. The van der Waals surface area contributed by atoms with Gasteiger partial charge in [0.1, 0.15) is 0 Å². The van der Waals surface area contributed by atoms with E-state index in [1.54, 1.807) is 0 Å². The molecule has 1 amide bonds. The zero-order valence-corrected chi connectivity index (χ0v) is 10.9. The highest BCUT2D eigenvalue weighted by Gasteiger charge is 2.34. The van der Waals surface area contributed by atoms with Crippen molar-refractivity contribution in [3.8, 4) is 0 Å². The zero-order chi connectivity index (χ0) is 13.0. The summed E-state index contributed by atoms with van der Waals surface area (Å²) in [5.41, 5.74) is 0. The minimum atomic E-state index is -1.04. The SMILES string of the molecule is O=C([O-])[C@H]1CCCC[C@@H]1C(=O)N1CCCCCC1. The molecule has 2 fully saturated rings. The number of hydrogen-bond acceptors (Lipinski definition) is 3. The Morgan fingerprint density at radius 3 is 1.94 bits per heavy atom. The lowest BCUT2D eigenvalue weighted by atomic mass is 9.78. The molecule has 1 aliphatic carbocycles. The number of carboxylic acid groups (broad SMARTS) is 1. The molecule has 0 aromatic heterocycles. The Balaban J connectivity index is 2.02. The van der Waals surface area contributed by atoms with Gasteiger partial charge in [-0.25, -0.2) is 0 Å². The number of likely N-dealkylation sites (tertiary alicyclic amines) is 1. The number of hydrogen-bond donors (Lipinski definition) is 0. The zero-order valence-electron chi connectivity index (χ0n) is 10.9. The molecule has 1 aliphatic heterocycles.